The first-order valence-electron chi connectivity index (χ1n) is 7.83. The second kappa shape index (κ2) is 7.16. The molecule has 134 valence electrons. The van der Waals surface area contributed by atoms with Crippen molar-refractivity contribution in [3.63, 3.8) is 0 Å². The average Bonchev–Trinajstić information content (AvgIpc) is 2.84. The number of nitrogens with one attached hydrogen (secondary N) is 1. The molecule has 1 aromatic rings. The summed E-state index contributed by atoms with van der Waals surface area (Å²) in [5, 5.41) is 3.22. The Morgan fingerprint density at radius 2 is 2.12 bits per heavy atom. The lowest BCUT2D eigenvalue weighted by Crippen LogP contribution is -2.63. The minimum absolute atomic E-state index is 0.180. The summed E-state index contributed by atoms with van der Waals surface area (Å²) in [6.45, 7) is 4.38. The van der Waals surface area contributed by atoms with Crippen LogP contribution in [0.15, 0.2) is 28.1 Å². The molecule has 0 spiro atoms. The van der Waals surface area contributed by atoms with Gasteiger partial charge in [-0.05, 0) is 45.6 Å². The molecule has 0 aliphatic carbocycles. The Morgan fingerprint density at radius 1 is 1.42 bits per heavy atom. The summed E-state index contributed by atoms with van der Waals surface area (Å²) in [6.07, 6.45) is 0.908. The fourth-order valence-corrected chi connectivity index (χ4v) is 3.46. The highest BCUT2D eigenvalue weighted by atomic mass is 32.2. The molecule has 0 aromatic heterocycles. The van der Waals surface area contributed by atoms with Crippen molar-refractivity contribution in [3.8, 4) is 0 Å². The summed E-state index contributed by atoms with van der Waals surface area (Å²) in [5.41, 5.74) is 1.19. The van der Waals surface area contributed by atoms with Crippen LogP contribution in [0.25, 0.3) is 0 Å². The van der Waals surface area contributed by atoms with Crippen molar-refractivity contribution >= 4 is 21.8 Å². The number of hydrogen-bond acceptors (Lipinski definition) is 6. The standard InChI is InChI=1S/C15H25N5O3S/c1-12-5-6-14(24(21,22)23)13(11-12)20(16)10-8-18-15(20)17-7-4-9-19(2)3/h5-6,11H,4,7-10,16H2,1-3H3,(H-,17,18,21,22,23)/p+1. The summed E-state index contributed by atoms with van der Waals surface area (Å²) in [4.78, 5) is 6.30. The number of quaternary nitrogens is 1. The first-order chi connectivity index (χ1) is 11.1. The van der Waals surface area contributed by atoms with Gasteiger partial charge in [0.05, 0.1) is 6.54 Å². The first-order valence-corrected chi connectivity index (χ1v) is 9.27. The molecule has 2 rings (SSSR count). The van der Waals surface area contributed by atoms with Gasteiger partial charge in [-0.3, -0.25) is 4.55 Å². The van der Waals surface area contributed by atoms with Crippen molar-refractivity contribution in [2.24, 2.45) is 10.8 Å². The minimum Gasteiger partial charge on any atom is -0.322 e. The molecule has 0 radical (unpaired) electrons. The summed E-state index contributed by atoms with van der Waals surface area (Å²) in [7, 11) is -0.368. The zero-order valence-electron chi connectivity index (χ0n) is 14.4. The predicted molar refractivity (Wildman–Crippen MR) is 95.3 cm³/mol. The number of benzene rings is 1. The van der Waals surface area contributed by atoms with Gasteiger partial charge in [0.1, 0.15) is 6.54 Å². The van der Waals surface area contributed by atoms with Crippen molar-refractivity contribution in [2.45, 2.75) is 18.2 Å². The van der Waals surface area contributed by atoms with Gasteiger partial charge >= 0.3 is 16.1 Å². The van der Waals surface area contributed by atoms with Gasteiger partial charge in [-0.15, -0.1) is 0 Å². The molecule has 0 fully saturated rings. The fourth-order valence-electron chi connectivity index (χ4n) is 2.73. The van der Waals surface area contributed by atoms with Gasteiger partial charge in [0.2, 0.25) is 0 Å². The highest BCUT2D eigenvalue weighted by molar-refractivity contribution is 7.86. The van der Waals surface area contributed by atoms with Crippen LogP contribution in [0.1, 0.15) is 12.0 Å². The third-order valence-electron chi connectivity index (χ3n) is 3.98. The van der Waals surface area contributed by atoms with Gasteiger partial charge in [0, 0.05) is 12.6 Å². The molecular weight excluding hydrogens is 330 g/mol. The van der Waals surface area contributed by atoms with Crippen molar-refractivity contribution in [1.82, 2.24) is 14.8 Å². The van der Waals surface area contributed by atoms with Crippen molar-refractivity contribution < 1.29 is 13.0 Å². The predicted octanol–water partition coefficient (Wildman–Crippen LogP) is 0.334. The molecule has 24 heavy (non-hydrogen) atoms. The van der Waals surface area contributed by atoms with E-state index in [9.17, 15) is 13.0 Å². The second-order valence-electron chi connectivity index (χ2n) is 6.33. The van der Waals surface area contributed by atoms with Gasteiger partial charge in [-0.25, -0.2) is 4.99 Å². The number of aliphatic imine (C=N–C) groups is 1. The highest BCUT2D eigenvalue weighted by Gasteiger charge is 2.42. The summed E-state index contributed by atoms with van der Waals surface area (Å²) in [6, 6.07) is 4.70. The quantitative estimate of drug-likeness (QED) is 0.293. The fraction of sp³-hybridized carbons (Fsp3) is 0.533. The minimum atomic E-state index is -4.37. The lowest BCUT2D eigenvalue weighted by Gasteiger charge is -2.29. The Hall–Kier alpha value is -1.52. The molecular formula is C15H26N5O3S+. The van der Waals surface area contributed by atoms with E-state index in [2.05, 4.69) is 15.2 Å². The Balaban J connectivity index is 2.30. The molecule has 1 heterocycles. The number of nitrogens with two attached hydrogens (primary N) is 1. The van der Waals surface area contributed by atoms with E-state index < -0.39 is 10.1 Å². The number of guanidine groups is 1. The molecule has 1 aliphatic heterocycles. The maximum absolute atomic E-state index is 11.7. The molecule has 0 bridgehead atoms. The molecule has 1 atom stereocenters. The topological polar surface area (TPSA) is 108 Å². The Bertz CT molecular complexity index is 733. The number of aryl methyl sites for hydroxylation is 1. The number of rotatable bonds is 6. The van der Waals surface area contributed by atoms with E-state index >= 15 is 0 Å². The van der Waals surface area contributed by atoms with Gasteiger partial charge < -0.3 is 10.2 Å². The van der Waals surface area contributed by atoms with Crippen LogP contribution in [-0.4, -0.2) is 64.1 Å². The molecule has 1 unspecified atom stereocenters. The number of nitrogens with zero attached hydrogens (tertiary/aromatic N) is 3. The van der Waals surface area contributed by atoms with E-state index in [1.807, 2.05) is 21.0 Å². The molecule has 4 N–H and O–H groups in total. The Kier molecular flexibility index (Phi) is 5.61. The molecule has 0 saturated carbocycles. The van der Waals surface area contributed by atoms with Gasteiger partial charge in [-0.1, -0.05) is 6.07 Å². The van der Waals surface area contributed by atoms with E-state index in [1.54, 1.807) is 12.1 Å². The molecule has 1 aromatic carbocycles. The SMILES string of the molecule is Cc1ccc(S(=O)(=O)O)c([N+]2(N)CCN=C2NCCCN(C)C)c1. The lowest BCUT2D eigenvalue weighted by atomic mass is 10.2. The normalized spacial score (nSPS) is 21.2. The third-order valence-corrected chi connectivity index (χ3v) is 4.88. The van der Waals surface area contributed by atoms with Crippen LogP contribution < -0.4 is 15.8 Å². The van der Waals surface area contributed by atoms with E-state index in [-0.39, 0.29) is 9.49 Å². The highest BCUT2D eigenvalue weighted by Crippen LogP contribution is 2.31. The maximum Gasteiger partial charge on any atom is 0.322 e. The zero-order valence-corrected chi connectivity index (χ0v) is 15.2. The molecule has 0 saturated heterocycles. The van der Waals surface area contributed by atoms with Crippen molar-refractivity contribution in [3.05, 3.63) is 23.8 Å². The molecule has 9 heteroatoms. The van der Waals surface area contributed by atoms with E-state index in [0.29, 0.717) is 31.3 Å². The van der Waals surface area contributed by atoms with Gasteiger partial charge in [-0.2, -0.15) is 18.9 Å². The van der Waals surface area contributed by atoms with Crippen LogP contribution in [0.3, 0.4) is 0 Å². The second-order valence-corrected chi connectivity index (χ2v) is 7.72. The largest absolute Gasteiger partial charge is 0.322 e. The van der Waals surface area contributed by atoms with E-state index in [1.165, 1.54) is 6.07 Å². The molecule has 8 nitrogen and oxygen atoms in total. The monoisotopic (exact) mass is 356 g/mol. The summed E-state index contributed by atoms with van der Waals surface area (Å²) in [5.74, 6) is 7.01. The number of hydrogen-bond donors (Lipinski definition) is 3. The van der Waals surface area contributed by atoms with Crippen LogP contribution in [0.2, 0.25) is 0 Å². The van der Waals surface area contributed by atoms with Crippen molar-refractivity contribution in [1.29, 1.82) is 0 Å². The third kappa shape index (κ3) is 4.11. The Labute approximate surface area is 143 Å². The molecule has 0 amide bonds. The smallest absolute Gasteiger partial charge is 0.322 e. The van der Waals surface area contributed by atoms with Gasteiger partial charge in [0.15, 0.2) is 10.6 Å². The van der Waals surface area contributed by atoms with Crippen LogP contribution >= 0.6 is 0 Å². The lowest BCUT2D eigenvalue weighted by molar-refractivity contribution is 0.395. The average molecular weight is 356 g/mol. The Morgan fingerprint density at radius 3 is 2.75 bits per heavy atom. The van der Waals surface area contributed by atoms with Crippen LogP contribution in [0, 0.1) is 6.92 Å². The van der Waals surface area contributed by atoms with Crippen molar-refractivity contribution in [2.75, 3.05) is 40.3 Å². The van der Waals surface area contributed by atoms with Crippen LogP contribution in [0.4, 0.5) is 5.69 Å². The molecule has 1 aliphatic rings. The van der Waals surface area contributed by atoms with E-state index in [4.69, 9.17) is 5.84 Å². The van der Waals surface area contributed by atoms with Crippen LogP contribution in [0.5, 0.6) is 0 Å². The summed E-state index contributed by atoms with van der Waals surface area (Å²) >= 11 is 0. The first kappa shape index (κ1) is 18.8. The maximum atomic E-state index is 11.7. The van der Waals surface area contributed by atoms with E-state index in [0.717, 1.165) is 18.5 Å². The summed E-state index contributed by atoms with van der Waals surface area (Å²) < 4.78 is 32.7. The van der Waals surface area contributed by atoms with Gasteiger partial charge in [0.25, 0.3) is 0 Å². The zero-order chi connectivity index (χ0) is 18.0. The van der Waals surface area contributed by atoms with Crippen LogP contribution in [-0.2, 0) is 10.1 Å².